The molecule has 0 aromatic rings. The van der Waals surface area contributed by atoms with E-state index in [1.807, 2.05) is 13.8 Å². The molecule has 0 atom stereocenters. The Morgan fingerprint density at radius 1 is 1.28 bits per heavy atom. The molecule has 0 aliphatic rings. The van der Waals surface area contributed by atoms with Crippen molar-refractivity contribution in [3.63, 3.8) is 0 Å². The molecule has 0 bridgehead atoms. The van der Waals surface area contributed by atoms with Gasteiger partial charge >= 0.3 is 0 Å². The number of aliphatic hydroxyl groups excluding tert-OH is 1. The van der Waals surface area contributed by atoms with Gasteiger partial charge in [0.25, 0.3) is 0 Å². The molecule has 0 heterocycles. The molecule has 5 heteroatoms. The number of oxime groups is 1. The Kier molecular flexibility index (Phi) is 7.25. The second kappa shape index (κ2) is 7.59. The molecule has 18 heavy (non-hydrogen) atoms. The first-order valence-corrected chi connectivity index (χ1v) is 6.67. The van der Waals surface area contributed by atoms with E-state index in [1.165, 1.54) is 0 Å². The minimum absolute atomic E-state index is 0.0270. The van der Waals surface area contributed by atoms with Crippen LogP contribution in [0.25, 0.3) is 0 Å². The van der Waals surface area contributed by atoms with Crippen LogP contribution in [0.15, 0.2) is 5.16 Å². The van der Waals surface area contributed by atoms with Crippen LogP contribution in [-0.2, 0) is 0 Å². The van der Waals surface area contributed by atoms with Gasteiger partial charge in [0.1, 0.15) is 5.84 Å². The predicted molar refractivity (Wildman–Crippen MR) is 74.8 cm³/mol. The van der Waals surface area contributed by atoms with Gasteiger partial charge in [0.15, 0.2) is 0 Å². The maximum atomic E-state index is 9.45. The summed E-state index contributed by atoms with van der Waals surface area (Å²) in [6, 6.07) is 0. The summed E-state index contributed by atoms with van der Waals surface area (Å²) in [7, 11) is 0. The first kappa shape index (κ1) is 17.2. The molecule has 0 amide bonds. The van der Waals surface area contributed by atoms with Crippen molar-refractivity contribution < 1.29 is 10.3 Å². The van der Waals surface area contributed by atoms with Crippen molar-refractivity contribution in [3.05, 3.63) is 0 Å². The van der Waals surface area contributed by atoms with E-state index in [2.05, 4.69) is 24.3 Å². The Labute approximate surface area is 110 Å². The average molecular weight is 259 g/mol. The third-order valence-corrected chi connectivity index (χ3v) is 4.06. The van der Waals surface area contributed by atoms with Gasteiger partial charge in [-0.05, 0) is 25.8 Å². The van der Waals surface area contributed by atoms with E-state index in [4.69, 9.17) is 10.9 Å². The van der Waals surface area contributed by atoms with E-state index in [-0.39, 0.29) is 23.3 Å². The zero-order valence-electron chi connectivity index (χ0n) is 12.2. The molecule has 0 rings (SSSR count). The van der Waals surface area contributed by atoms with Crippen LogP contribution < -0.4 is 11.1 Å². The maximum Gasteiger partial charge on any atom is 0.144 e. The normalized spacial score (nSPS) is 13.9. The zero-order valence-corrected chi connectivity index (χ0v) is 12.2. The lowest BCUT2D eigenvalue weighted by Gasteiger charge is -2.30. The smallest absolute Gasteiger partial charge is 0.144 e. The standard InChI is InChI=1S/C13H29N3O2/c1-5-13(6-2,10-17)9-15-8-7-12(3,4)11(14)16-18/h15,17-18H,5-10H2,1-4H3,(H2,14,16). The molecule has 0 spiro atoms. The van der Waals surface area contributed by atoms with Crippen LogP contribution >= 0.6 is 0 Å². The lowest BCUT2D eigenvalue weighted by molar-refractivity contribution is 0.113. The molecule has 0 aliphatic carbocycles. The molecule has 0 saturated heterocycles. The van der Waals surface area contributed by atoms with Crippen LogP contribution in [0.1, 0.15) is 47.0 Å². The fourth-order valence-corrected chi connectivity index (χ4v) is 1.80. The van der Waals surface area contributed by atoms with E-state index in [1.54, 1.807) is 0 Å². The molecule has 0 unspecified atom stereocenters. The summed E-state index contributed by atoms with van der Waals surface area (Å²) in [5.74, 6) is 0.253. The molecule has 5 nitrogen and oxygen atoms in total. The molecule has 0 radical (unpaired) electrons. The highest BCUT2D eigenvalue weighted by Gasteiger charge is 2.26. The third-order valence-electron chi connectivity index (χ3n) is 4.06. The summed E-state index contributed by atoms with van der Waals surface area (Å²) in [5.41, 5.74) is 5.29. The van der Waals surface area contributed by atoms with Gasteiger partial charge in [-0.2, -0.15) is 0 Å². The number of rotatable bonds is 9. The number of amidine groups is 1. The molecule has 0 saturated carbocycles. The fraction of sp³-hybridized carbons (Fsp3) is 0.923. The first-order valence-electron chi connectivity index (χ1n) is 6.67. The Hall–Kier alpha value is -0.810. The summed E-state index contributed by atoms with van der Waals surface area (Å²) in [6.07, 6.45) is 2.70. The van der Waals surface area contributed by atoms with Gasteiger partial charge < -0.3 is 21.4 Å². The zero-order chi connectivity index (χ0) is 14.2. The summed E-state index contributed by atoms with van der Waals surface area (Å²) in [5, 5.41) is 24.6. The van der Waals surface area contributed by atoms with Crippen molar-refractivity contribution in [1.29, 1.82) is 0 Å². The minimum atomic E-state index is -0.317. The largest absolute Gasteiger partial charge is 0.409 e. The van der Waals surface area contributed by atoms with Gasteiger partial charge in [0.05, 0.1) is 0 Å². The summed E-state index contributed by atoms with van der Waals surface area (Å²) in [6.45, 7) is 9.87. The van der Waals surface area contributed by atoms with Crippen molar-refractivity contribution in [3.8, 4) is 0 Å². The topological polar surface area (TPSA) is 90.9 Å². The van der Waals surface area contributed by atoms with E-state index in [0.29, 0.717) is 0 Å². The number of hydrogen-bond donors (Lipinski definition) is 4. The molecule has 0 aromatic heterocycles. The van der Waals surface area contributed by atoms with E-state index < -0.39 is 0 Å². The summed E-state index contributed by atoms with van der Waals surface area (Å²) in [4.78, 5) is 0. The van der Waals surface area contributed by atoms with Crippen LogP contribution in [0.4, 0.5) is 0 Å². The molecule has 5 N–H and O–H groups in total. The van der Waals surface area contributed by atoms with Crippen molar-refractivity contribution in [2.75, 3.05) is 19.7 Å². The third kappa shape index (κ3) is 4.82. The van der Waals surface area contributed by atoms with Crippen LogP contribution in [-0.4, -0.2) is 35.8 Å². The number of nitrogens with one attached hydrogen (secondary N) is 1. The van der Waals surface area contributed by atoms with Crippen LogP contribution in [0.3, 0.4) is 0 Å². The molecule has 0 aromatic carbocycles. The lowest BCUT2D eigenvalue weighted by atomic mass is 9.83. The van der Waals surface area contributed by atoms with Gasteiger partial charge in [-0.25, -0.2) is 0 Å². The van der Waals surface area contributed by atoms with Gasteiger partial charge in [0, 0.05) is 24.0 Å². The number of nitrogens with two attached hydrogens (primary N) is 1. The predicted octanol–water partition coefficient (Wildman–Crippen LogP) is 1.54. The molecular weight excluding hydrogens is 230 g/mol. The summed E-state index contributed by atoms with van der Waals surface area (Å²) >= 11 is 0. The maximum absolute atomic E-state index is 9.45. The highest BCUT2D eigenvalue weighted by Crippen LogP contribution is 2.25. The Morgan fingerprint density at radius 2 is 1.83 bits per heavy atom. The van der Waals surface area contributed by atoms with Crippen LogP contribution in [0.2, 0.25) is 0 Å². The number of hydrogen-bond acceptors (Lipinski definition) is 4. The highest BCUT2D eigenvalue weighted by molar-refractivity contribution is 5.85. The SMILES string of the molecule is CCC(CC)(CO)CNCCC(C)(C)C(N)=NO. The summed E-state index contributed by atoms with van der Waals surface area (Å²) < 4.78 is 0. The van der Waals surface area contributed by atoms with Crippen LogP contribution in [0.5, 0.6) is 0 Å². The second-order valence-corrected chi connectivity index (χ2v) is 5.66. The Balaban J connectivity index is 4.14. The first-order chi connectivity index (χ1) is 8.37. The molecule has 108 valence electrons. The quantitative estimate of drug-likeness (QED) is 0.166. The fourth-order valence-electron chi connectivity index (χ4n) is 1.80. The van der Waals surface area contributed by atoms with Crippen molar-refractivity contribution in [2.24, 2.45) is 21.7 Å². The average Bonchev–Trinajstić information content (AvgIpc) is 2.38. The molecule has 0 aliphatic heterocycles. The monoisotopic (exact) mass is 259 g/mol. The van der Waals surface area contributed by atoms with Gasteiger partial charge in [0.2, 0.25) is 0 Å². The van der Waals surface area contributed by atoms with Crippen molar-refractivity contribution in [1.82, 2.24) is 5.32 Å². The lowest BCUT2D eigenvalue weighted by Crippen LogP contribution is -2.39. The van der Waals surface area contributed by atoms with Crippen LogP contribution in [0, 0.1) is 10.8 Å². The Morgan fingerprint density at radius 3 is 2.22 bits per heavy atom. The highest BCUT2D eigenvalue weighted by atomic mass is 16.4. The van der Waals surface area contributed by atoms with Gasteiger partial charge in [-0.1, -0.05) is 32.9 Å². The minimum Gasteiger partial charge on any atom is -0.409 e. The number of nitrogens with zero attached hydrogens (tertiary/aromatic N) is 1. The number of aliphatic hydroxyl groups is 1. The van der Waals surface area contributed by atoms with Gasteiger partial charge in [-0.15, -0.1) is 0 Å². The van der Waals surface area contributed by atoms with Crippen molar-refractivity contribution >= 4 is 5.84 Å². The second-order valence-electron chi connectivity index (χ2n) is 5.66. The molecular formula is C13H29N3O2. The van der Waals surface area contributed by atoms with E-state index in [9.17, 15) is 5.11 Å². The Bertz CT molecular complexity index is 253. The van der Waals surface area contributed by atoms with Crippen molar-refractivity contribution in [2.45, 2.75) is 47.0 Å². The van der Waals surface area contributed by atoms with Gasteiger partial charge in [-0.3, -0.25) is 0 Å². The molecule has 0 fully saturated rings. The van der Waals surface area contributed by atoms with E-state index in [0.717, 1.165) is 32.4 Å². The van der Waals surface area contributed by atoms with E-state index >= 15 is 0 Å².